The van der Waals surface area contributed by atoms with E-state index in [2.05, 4.69) is 0 Å². The van der Waals surface area contributed by atoms with Crippen LogP contribution in [0, 0.1) is 10.8 Å². The Morgan fingerprint density at radius 1 is 0.688 bits per heavy atom. The van der Waals surface area contributed by atoms with Crippen LogP contribution < -0.4 is 0 Å². The average Bonchev–Trinajstić information content (AvgIpc) is 2.19. The molecule has 0 saturated heterocycles. The van der Waals surface area contributed by atoms with Crippen LogP contribution in [-0.2, 0) is 9.59 Å². The topological polar surface area (TPSA) is 74.6 Å². The van der Waals surface area contributed by atoms with Crippen molar-refractivity contribution in [3.05, 3.63) is 0 Å². The molecular formula is C12H18O4. The number of hydrogen-bond donors (Lipinski definition) is 2. The molecule has 0 unspecified atom stereocenters. The van der Waals surface area contributed by atoms with E-state index in [-0.39, 0.29) is 0 Å². The van der Waals surface area contributed by atoms with Crippen LogP contribution in [0.3, 0.4) is 0 Å². The molecule has 0 radical (unpaired) electrons. The number of aliphatic carboxylic acids is 2. The van der Waals surface area contributed by atoms with Crippen molar-refractivity contribution in [2.24, 2.45) is 10.8 Å². The SMILES string of the molecule is O=C(O)C12CCCCC(C(=O)O)(CC1)CC2. The molecule has 0 spiro atoms. The standard InChI is InChI=1S/C12H18O4/c13-9(14)11-3-1-2-4-12(7-5-11,8-6-11)10(15)16/h1-8H2,(H,13,14)(H,15,16). The van der Waals surface area contributed by atoms with Crippen LogP contribution in [0.25, 0.3) is 0 Å². The fourth-order valence-corrected chi connectivity index (χ4v) is 3.28. The van der Waals surface area contributed by atoms with E-state index in [9.17, 15) is 19.8 Å². The summed E-state index contributed by atoms with van der Waals surface area (Å²) in [5.74, 6) is -1.46. The first-order valence-electron chi connectivity index (χ1n) is 5.98. The molecule has 3 rings (SSSR count). The number of rotatable bonds is 2. The summed E-state index contributed by atoms with van der Waals surface area (Å²) in [6.45, 7) is 0. The number of carbonyl (C=O) groups is 2. The predicted molar refractivity (Wildman–Crippen MR) is 57.1 cm³/mol. The second kappa shape index (κ2) is 3.75. The van der Waals surface area contributed by atoms with Crippen molar-refractivity contribution in [1.82, 2.24) is 0 Å². The van der Waals surface area contributed by atoms with Gasteiger partial charge in [0.2, 0.25) is 0 Å². The Morgan fingerprint density at radius 2 is 1.00 bits per heavy atom. The van der Waals surface area contributed by atoms with Crippen LogP contribution >= 0.6 is 0 Å². The van der Waals surface area contributed by atoms with Gasteiger partial charge in [0.1, 0.15) is 0 Å². The zero-order valence-corrected chi connectivity index (χ0v) is 9.37. The Morgan fingerprint density at radius 3 is 1.25 bits per heavy atom. The average molecular weight is 226 g/mol. The van der Waals surface area contributed by atoms with Gasteiger partial charge in [0.05, 0.1) is 10.8 Å². The van der Waals surface area contributed by atoms with Gasteiger partial charge in [0.15, 0.2) is 0 Å². The van der Waals surface area contributed by atoms with Gasteiger partial charge < -0.3 is 10.2 Å². The third-order valence-corrected chi connectivity index (χ3v) is 4.63. The first kappa shape index (κ1) is 11.4. The predicted octanol–water partition coefficient (Wildman–Crippen LogP) is 2.28. The lowest BCUT2D eigenvalue weighted by Gasteiger charge is -2.44. The normalized spacial score (nSPS) is 38.8. The Labute approximate surface area is 94.7 Å². The Kier molecular flexibility index (Phi) is 2.68. The molecule has 0 amide bonds. The van der Waals surface area contributed by atoms with Crippen molar-refractivity contribution in [3.8, 4) is 0 Å². The second-order valence-corrected chi connectivity index (χ2v) is 5.38. The molecule has 0 atom stereocenters. The third-order valence-electron chi connectivity index (χ3n) is 4.63. The van der Waals surface area contributed by atoms with Gasteiger partial charge in [-0.1, -0.05) is 12.8 Å². The summed E-state index contributed by atoms with van der Waals surface area (Å²) < 4.78 is 0. The molecule has 0 aromatic heterocycles. The van der Waals surface area contributed by atoms with Crippen molar-refractivity contribution in [3.63, 3.8) is 0 Å². The zero-order valence-electron chi connectivity index (χ0n) is 9.37. The molecule has 4 heteroatoms. The van der Waals surface area contributed by atoms with Crippen LogP contribution in [-0.4, -0.2) is 22.2 Å². The highest BCUT2D eigenvalue weighted by Gasteiger charge is 2.51. The zero-order chi connectivity index (χ0) is 11.8. The molecule has 2 bridgehead atoms. The maximum absolute atomic E-state index is 11.3. The number of fused-ring (bicyclic) bond motifs is 5. The molecule has 3 fully saturated rings. The highest BCUT2D eigenvalue weighted by Crippen LogP contribution is 2.52. The molecule has 0 aromatic carbocycles. The van der Waals surface area contributed by atoms with Crippen LogP contribution in [0.2, 0.25) is 0 Å². The largest absolute Gasteiger partial charge is 0.481 e. The van der Waals surface area contributed by atoms with Gasteiger partial charge in [-0.2, -0.15) is 0 Å². The van der Waals surface area contributed by atoms with Gasteiger partial charge >= 0.3 is 11.9 Å². The Hall–Kier alpha value is -1.06. The van der Waals surface area contributed by atoms with E-state index in [4.69, 9.17) is 0 Å². The molecular weight excluding hydrogens is 208 g/mol. The highest BCUT2D eigenvalue weighted by molar-refractivity contribution is 5.78. The first-order chi connectivity index (χ1) is 7.51. The van der Waals surface area contributed by atoms with Crippen LogP contribution in [0.5, 0.6) is 0 Å². The van der Waals surface area contributed by atoms with Crippen molar-refractivity contribution in [1.29, 1.82) is 0 Å². The summed E-state index contributed by atoms with van der Waals surface area (Å²) in [7, 11) is 0. The lowest BCUT2D eigenvalue weighted by atomic mass is 9.58. The fourth-order valence-electron chi connectivity index (χ4n) is 3.28. The quantitative estimate of drug-likeness (QED) is 0.757. The molecule has 0 aliphatic heterocycles. The fraction of sp³-hybridized carbons (Fsp3) is 0.833. The van der Waals surface area contributed by atoms with E-state index in [1.807, 2.05) is 0 Å². The molecule has 16 heavy (non-hydrogen) atoms. The summed E-state index contributed by atoms with van der Waals surface area (Å²) in [4.78, 5) is 22.6. The van der Waals surface area contributed by atoms with Gasteiger partial charge in [-0.3, -0.25) is 9.59 Å². The van der Waals surface area contributed by atoms with Crippen molar-refractivity contribution in [2.45, 2.75) is 51.4 Å². The van der Waals surface area contributed by atoms with Crippen molar-refractivity contribution in [2.75, 3.05) is 0 Å². The summed E-state index contributed by atoms with van der Waals surface area (Å²) in [5, 5.41) is 18.6. The summed E-state index contributed by atoms with van der Waals surface area (Å²) in [6, 6.07) is 0. The minimum atomic E-state index is -0.728. The molecule has 0 aromatic rings. The number of carboxylic acids is 2. The minimum Gasteiger partial charge on any atom is -0.481 e. The summed E-state index contributed by atoms with van der Waals surface area (Å²) in [5.41, 5.74) is -1.25. The number of carboxylic acid groups (broad SMARTS) is 2. The monoisotopic (exact) mass is 226 g/mol. The van der Waals surface area contributed by atoms with Crippen LogP contribution in [0.15, 0.2) is 0 Å². The highest BCUT2D eigenvalue weighted by atomic mass is 16.4. The molecule has 90 valence electrons. The smallest absolute Gasteiger partial charge is 0.309 e. The summed E-state index contributed by atoms with van der Waals surface area (Å²) in [6.07, 6.45) is 5.28. The molecule has 3 aliphatic rings. The Bertz CT molecular complexity index is 281. The van der Waals surface area contributed by atoms with Gasteiger partial charge in [-0.25, -0.2) is 0 Å². The van der Waals surface area contributed by atoms with Gasteiger partial charge in [0, 0.05) is 0 Å². The molecule has 2 N–H and O–H groups in total. The molecule has 4 nitrogen and oxygen atoms in total. The minimum absolute atomic E-state index is 0.536. The number of hydrogen-bond acceptors (Lipinski definition) is 2. The van der Waals surface area contributed by atoms with Crippen molar-refractivity contribution < 1.29 is 19.8 Å². The van der Waals surface area contributed by atoms with E-state index in [1.54, 1.807) is 0 Å². The van der Waals surface area contributed by atoms with E-state index in [1.165, 1.54) is 0 Å². The van der Waals surface area contributed by atoms with Gasteiger partial charge in [-0.15, -0.1) is 0 Å². The van der Waals surface area contributed by atoms with Crippen molar-refractivity contribution >= 4 is 11.9 Å². The second-order valence-electron chi connectivity index (χ2n) is 5.38. The van der Waals surface area contributed by atoms with Gasteiger partial charge in [-0.05, 0) is 38.5 Å². The van der Waals surface area contributed by atoms with E-state index < -0.39 is 22.8 Å². The molecule has 0 heterocycles. The van der Waals surface area contributed by atoms with Gasteiger partial charge in [0.25, 0.3) is 0 Å². The maximum Gasteiger partial charge on any atom is 0.309 e. The van der Waals surface area contributed by atoms with E-state index in [0.717, 1.165) is 25.7 Å². The lowest BCUT2D eigenvalue weighted by molar-refractivity contribution is -0.164. The molecule has 3 saturated carbocycles. The van der Waals surface area contributed by atoms with E-state index >= 15 is 0 Å². The lowest BCUT2D eigenvalue weighted by Crippen LogP contribution is -2.44. The maximum atomic E-state index is 11.3. The third kappa shape index (κ3) is 1.60. The summed E-state index contributed by atoms with van der Waals surface area (Å²) >= 11 is 0. The van der Waals surface area contributed by atoms with E-state index in [0.29, 0.717) is 25.7 Å². The first-order valence-corrected chi connectivity index (χ1v) is 5.98. The van der Waals surface area contributed by atoms with Crippen LogP contribution in [0.1, 0.15) is 51.4 Å². The Balaban J connectivity index is 2.24. The van der Waals surface area contributed by atoms with Crippen LogP contribution in [0.4, 0.5) is 0 Å². The molecule has 3 aliphatic carbocycles.